The zero-order chi connectivity index (χ0) is 18.0. The molecule has 0 aliphatic rings. The summed E-state index contributed by atoms with van der Waals surface area (Å²) in [5.74, 6) is 0.377. The van der Waals surface area contributed by atoms with Gasteiger partial charge in [-0.25, -0.2) is 4.68 Å². The molecule has 1 heterocycles. The van der Waals surface area contributed by atoms with Crippen molar-refractivity contribution in [2.24, 2.45) is 0 Å². The van der Waals surface area contributed by atoms with Crippen molar-refractivity contribution in [3.05, 3.63) is 54.1 Å². The molecule has 1 aromatic heterocycles. The maximum absolute atomic E-state index is 12.7. The SMILES string of the molecule is CCOc1nc(-c2ccc(C(F)(F)F)cc2)n(-c2ccc(N)cc2)n1. The first-order valence-electron chi connectivity index (χ1n) is 7.52. The van der Waals surface area contributed by atoms with Crippen LogP contribution < -0.4 is 10.5 Å². The molecule has 2 N–H and O–H groups in total. The molecule has 0 saturated carbocycles. The molecule has 0 bridgehead atoms. The Balaban J connectivity index is 2.06. The van der Waals surface area contributed by atoms with Crippen molar-refractivity contribution in [1.82, 2.24) is 14.8 Å². The lowest BCUT2D eigenvalue weighted by molar-refractivity contribution is -0.137. The Kier molecular flexibility index (Phi) is 4.35. The van der Waals surface area contributed by atoms with Crippen molar-refractivity contribution in [3.63, 3.8) is 0 Å². The number of halogens is 3. The van der Waals surface area contributed by atoms with E-state index in [0.29, 0.717) is 29.4 Å². The molecule has 130 valence electrons. The highest BCUT2D eigenvalue weighted by atomic mass is 19.4. The summed E-state index contributed by atoms with van der Waals surface area (Å²) in [6.07, 6.45) is -4.39. The van der Waals surface area contributed by atoms with Crippen LogP contribution in [-0.2, 0) is 6.18 Å². The standard InChI is InChI=1S/C17H15F3N4O/c1-2-25-16-22-15(11-3-5-12(6-4-11)17(18,19)20)24(23-16)14-9-7-13(21)8-10-14/h3-10H,2,21H2,1H3. The average Bonchev–Trinajstić information content (AvgIpc) is 2.99. The summed E-state index contributed by atoms with van der Waals surface area (Å²) in [4.78, 5) is 4.28. The molecule has 2 aromatic carbocycles. The fraction of sp³-hybridized carbons (Fsp3) is 0.176. The summed E-state index contributed by atoms with van der Waals surface area (Å²) in [7, 11) is 0. The predicted octanol–water partition coefficient (Wildman–Crippen LogP) is 3.93. The van der Waals surface area contributed by atoms with E-state index in [1.807, 2.05) is 0 Å². The Hall–Kier alpha value is -3.03. The molecule has 5 nitrogen and oxygen atoms in total. The molecule has 0 unspecified atom stereocenters. The summed E-state index contributed by atoms with van der Waals surface area (Å²) >= 11 is 0. The van der Waals surface area contributed by atoms with Crippen molar-refractivity contribution in [2.45, 2.75) is 13.1 Å². The Labute approximate surface area is 141 Å². The van der Waals surface area contributed by atoms with Gasteiger partial charge in [0.2, 0.25) is 0 Å². The Morgan fingerprint density at radius 3 is 2.24 bits per heavy atom. The monoisotopic (exact) mass is 348 g/mol. The van der Waals surface area contributed by atoms with Gasteiger partial charge in [0.05, 0.1) is 17.9 Å². The average molecular weight is 348 g/mol. The van der Waals surface area contributed by atoms with Crippen LogP contribution in [0.15, 0.2) is 48.5 Å². The number of ether oxygens (including phenoxy) is 1. The molecule has 25 heavy (non-hydrogen) atoms. The molecule has 0 amide bonds. The fourth-order valence-corrected chi connectivity index (χ4v) is 2.27. The molecule has 0 saturated heterocycles. The normalized spacial score (nSPS) is 11.5. The van der Waals surface area contributed by atoms with E-state index in [1.165, 1.54) is 16.8 Å². The molecule has 8 heteroatoms. The van der Waals surface area contributed by atoms with Crippen molar-refractivity contribution in [1.29, 1.82) is 0 Å². The van der Waals surface area contributed by atoms with Crippen LogP contribution in [0, 0.1) is 0 Å². The van der Waals surface area contributed by atoms with Gasteiger partial charge in [0.1, 0.15) is 0 Å². The molecule has 0 spiro atoms. The first-order chi connectivity index (χ1) is 11.9. The second-order valence-corrected chi connectivity index (χ2v) is 5.23. The van der Waals surface area contributed by atoms with Gasteiger partial charge in [-0.15, -0.1) is 5.10 Å². The minimum absolute atomic E-state index is 0.147. The van der Waals surface area contributed by atoms with Crippen molar-refractivity contribution < 1.29 is 17.9 Å². The largest absolute Gasteiger partial charge is 0.463 e. The minimum Gasteiger partial charge on any atom is -0.463 e. The van der Waals surface area contributed by atoms with Crippen LogP contribution in [0.2, 0.25) is 0 Å². The van der Waals surface area contributed by atoms with Gasteiger partial charge >= 0.3 is 12.2 Å². The maximum Gasteiger partial charge on any atom is 0.416 e. The summed E-state index contributed by atoms with van der Waals surface area (Å²) in [5, 5.41) is 4.27. The highest BCUT2D eigenvalue weighted by molar-refractivity contribution is 5.59. The molecular formula is C17H15F3N4O. The minimum atomic E-state index is -4.39. The van der Waals surface area contributed by atoms with Gasteiger partial charge in [-0.2, -0.15) is 18.2 Å². The number of nitrogen functional groups attached to an aromatic ring is 1. The van der Waals surface area contributed by atoms with E-state index in [1.54, 1.807) is 31.2 Å². The lowest BCUT2D eigenvalue weighted by Crippen LogP contribution is -2.05. The van der Waals surface area contributed by atoms with E-state index in [-0.39, 0.29) is 6.01 Å². The van der Waals surface area contributed by atoms with E-state index >= 15 is 0 Å². The summed E-state index contributed by atoms with van der Waals surface area (Å²) in [6.45, 7) is 2.17. The number of rotatable bonds is 4. The zero-order valence-corrected chi connectivity index (χ0v) is 13.3. The van der Waals surface area contributed by atoms with E-state index in [2.05, 4.69) is 10.1 Å². The number of hydrogen-bond donors (Lipinski definition) is 1. The molecular weight excluding hydrogens is 333 g/mol. The lowest BCUT2D eigenvalue weighted by Gasteiger charge is -2.08. The fourth-order valence-electron chi connectivity index (χ4n) is 2.27. The van der Waals surface area contributed by atoms with Crippen LogP contribution in [0.5, 0.6) is 6.01 Å². The Morgan fingerprint density at radius 2 is 1.68 bits per heavy atom. The van der Waals surface area contributed by atoms with Crippen LogP contribution in [0.4, 0.5) is 18.9 Å². The first-order valence-corrected chi connectivity index (χ1v) is 7.52. The maximum atomic E-state index is 12.7. The van der Waals surface area contributed by atoms with Gasteiger partial charge in [-0.1, -0.05) is 12.1 Å². The quantitative estimate of drug-likeness (QED) is 0.726. The summed E-state index contributed by atoms with van der Waals surface area (Å²) < 4.78 is 45.1. The van der Waals surface area contributed by atoms with Gasteiger partial charge in [-0.05, 0) is 43.3 Å². The highest BCUT2D eigenvalue weighted by Gasteiger charge is 2.30. The van der Waals surface area contributed by atoms with Crippen LogP contribution in [0.25, 0.3) is 17.1 Å². The number of anilines is 1. The number of nitrogens with two attached hydrogens (primary N) is 1. The van der Waals surface area contributed by atoms with E-state index in [9.17, 15) is 13.2 Å². The van der Waals surface area contributed by atoms with Gasteiger partial charge in [0, 0.05) is 11.3 Å². The van der Waals surface area contributed by atoms with Crippen LogP contribution >= 0.6 is 0 Å². The second-order valence-electron chi connectivity index (χ2n) is 5.23. The molecule has 0 fully saturated rings. The number of hydrogen-bond acceptors (Lipinski definition) is 4. The van der Waals surface area contributed by atoms with E-state index < -0.39 is 11.7 Å². The lowest BCUT2D eigenvalue weighted by atomic mass is 10.1. The number of benzene rings is 2. The van der Waals surface area contributed by atoms with Crippen molar-refractivity contribution in [3.8, 4) is 23.1 Å². The predicted molar refractivity (Wildman–Crippen MR) is 87.4 cm³/mol. The summed E-state index contributed by atoms with van der Waals surface area (Å²) in [5.41, 5.74) is 6.71. The number of alkyl halides is 3. The van der Waals surface area contributed by atoms with Gasteiger partial charge < -0.3 is 10.5 Å². The number of nitrogens with zero attached hydrogens (tertiary/aromatic N) is 3. The smallest absolute Gasteiger partial charge is 0.416 e. The molecule has 3 aromatic rings. The first kappa shape index (κ1) is 16.8. The van der Waals surface area contributed by atoms with Crippen molar-refractivity contribution in [2.75, 3.05) is 12.3 Å². The van der Waals surface area contributed by atoms with Crippen LogP contribution in [0.3, 0.4) is 0 Å². The third kappa shape index (κ3) is 3.57. The highest BCUT2D eigenvalue weighted by Crippen LogP contribution is 2.31. The van der Waals surface area contributed by atoms with Crippen molar-refractivity contribution >= 4 is 5.69 Å². The number of aromatic nitrogens is 3. The topological polar surface area (TPSA) is 66.0 Å². The van der Waals surface area contributed by atoms with E-state index in [4.69, 9.17) is 10.5 Å². The van der Waals surface area contributed by atoms with Gasteiger partial charge in [0.25, 0.3) is 0 Å². The van der Waals surface area contributed by atoms with Gasteiger partial charge in [-0.3, -0.25) is 0 Å². The molecule has 0 atom stereocenters. The Morgan fingerprint density at radius 1 is 1.04 bits per heavy atom. The van der Waals surface area contributed by atoms with Crippen LogP contribution in [0.1, 0.15) is 12.5 Å². The van der Waals surface area contributed by atoms with E-state index in [0.717, 1.165) is 12.1 Å². The third-order valence-electron chi connectivity index (χ3n) is 3.47. The Bertz CT molecular complexity index is 855. The molecule has 0 aliphatic carbocycles. The van der Waals surface area contributed by atoms with Gasteiger partial charge in [0.15, 0.2) is 5.82 Å². The molecule has 0 aliphatic heterocycles. The zero-order valence-electron chi connectivity index (χ0n) is 13.3. The third-order valence-corrected chi connectivity index (χ3v) is 3.47. The summed E-state index contributed by atoms with van der Waals surface area (Å²) in [6, 6.07) is 11.8. The second kappa shape index (κ2) is 6.46. The molecule has 0 radical (unpaired) electrons. The molecule has 3 rings (SSSR count). The van der Waals surface area contributed by atoms with Crippen LogP contribution in [-0.4, -0.2) is 21.4 Å².